The average Bonchev–Trinajstić information content (AvgIpc) is 2.54. The van der Waals surface area contributed by atoms with Gasteiger partial charge >= 0.3 is 0 Å². The summed E-state index contributed by atoms with van der Waals surface area (Å²) >= 11 is 0. The zero-order valence-corrected chi connectivity index (χ0v) is 13.0. The van der Waals surface area contributed by atoms with Crippen LogP contribution < -0.4 is 5.14 Å². The molecule has 0 unspecified atom stereocenters. The van der Waals surface area contributed by atoms with Crippen LogP contribution in [0.1, 0.15) is 0 Å². The first-order valence-corrected chi connectivity index (χ1v) is 8.36. The van der Waals surface area contributed by atoms with Crippen LogP contribution in [0.25, 0.3) is 21.9 Å². The molecule has 0 aliphatic rings. The number of hydrogen-bond donors (Lipinski definition) is 2. The van der Waals surface area contributed by atoms with E-state index in [1.54, 1.807) is 24.3 Å². The van der Waals surface area contributed by atoms with Crippen molar-refractivity contribution in [3.05, 3.63) is 64.7 Å². The van der Waals surface area contributed by atoms with Gasteiger partial charge in [-0.05, 0) is 17.0 Å². The van der Waals surface area contributed by atoms with Gasteiger partial charge in [0.2, 0.25) is 10.0 Å². The van der Waals surface area contributed by atoms with Crippen LogP contribution in [0.15, 0.2) is 59.5 Å². The van der Waals surface area contributed by atoms with Gasteiger partial charge in [0.15, 0.2) is 4.90 Å². The Labute approximate surface area is 137 Å². The van der Waals surface area contributed by atoms with Crippen LogP contribution in [0.3, 0.4) is 0 Å². The Morgan fingerprint density at radius 2 is 1.58 bits per heavy atom. The fourth-order valence-corrected chi connectivity index (χ4v) is 3.62. The Hall–Kier alpha value is -2.97. The quantitative estimate of drug-likeness (QED) is 0.558. The zero-order valence-electron chi connectivity index (χ0n) is 12.2. The van der Waals surface area contributed by atoms with Crippen LogP contribution in [-0.2, 0) is 10.0 Å². The molecule has 122 valence electrons. The summed E-state index contributed by atoms with van der Waals surface area (Å²) in [5.41, 5.74) is -0.0498. The van der Waals surface area contributed by atoms with Crippen LogP contribution in [-0.4, -0.2) is 18.4 Å². The van der Waals surface area contributed by atoms with Crippen molar-refractivity contribution in [1.82, 2.24) is 0 Å². The minimum absolute atomic E-state index is 0.0249. The fraction of sp³-hybridized carbons (Fsp3) is 0. The average molecular weight is 344 g/mol. The van der Waals surface area contributed by atoms with Gasteiger partial charge in [0.05, 0.1) is 4.92 Å². The Balaban J connectivity index is 2.47. The first-order valence-electron chi connectivity index (χ1n) is 6.82. The van der Waals surface area contributed by atoms with E-state index in [4.69, 9.17) is 5.14 Å². The van der Waals surface area contributed by atoms with E-state index < -0.39 is 25.5 Å². The predicted molar refractivity (Wildman–Crippen MR) is 89.1 cm³/mol. The first kappa shape index (κ1) is 15.9. The molecule has 0 aromatic heterocycles. The summed E-state index contributed by atoms with van der Waals surface area (Å²) in [5, 5.41) is 27.5. The minimum atomic E-state index is -4.34. The Morgan fingerprint density at radius 3 is 2.21 bits per heavy atom. The summed E-state index contributed by atoms with van der Waals surface area (Å²) in [5.74, 6) is 0.0249. The highest BCUT2D eigenvalue weighted by Crippen LogP contribution is 2.39. The third-order valence-corrected chi connectivity index (χ3v) is 4.66. The number of primary sulfonamides is 1. The zero-order chi connectivity index (χ0) is 17.5. The van der Waals surface area contributed by atoms with Gasteiger partial charge in [0.1, 0.15) is 5.75 Å². The number of benzene rings is 3. The number of hydrogen-bond acceptors (Lipinski definition) is 5. The van der Waals surface area contributed by atoms with Crippen LogP contribution >= 0.6 is 0 Å². The van der Waals surface area contributed by atoms with E-state index >= 15 is 0 Å². The molecule has 0 radical (unpaired) electrons. The standard InChI is InChI=1S/C16H12N2O5S/c17-24(22,23)16-13(6-3-7-14(16)18(20)21)11-8-9-15(19)12-5-2-1-4-10(11)12/h1-9,19H,(H2,17,22,23). The SMILES string of the molecule is NS(=O)(=O)c1c(-c2ccc(O)c3ccccc23)cccc1[N+](=O)[O-]. The van der Waals surface area contributed by atoms with Crippen molar-refractivity contribution >= 4 is 26.5 Å². The van der Waals surface area contributed by atoms with Gasteiger partial charge in [-0.2, -0.15) is 0 Å². The number of aromatic hydroxyl groups is 1. The largest absolute Gasteiger partial charge is 0.507 e. The van der Waals surface area contributed by atoms with E-state index in [1.807, 2.05) is 0 Å². The van der Waals surface area contributed by atoms with E-state index in [2.05, 4.69) is 0 Å². The summed E-state index contributed by atoms with van der Waals surface area (Å²) in [4.78, 5) is 9.88. The molecule has 0 aliphatic heterocycles. The van der Waals surface area contributed by atoms with E-state index in [-0.39, 0.29) is 11.3 Å². The molecule has 8 heteroatoms. The maximum atomic E-state index is 12.0. The van der Waals surface area contributed by atoms with Crippen molar-refractivity contribution in [1.29, 1.82) is 0 Å². The Bertz CT molecular complexity index is 1080. The number of phenolic OH excluding ortho intramolecular Hbond substituents is 1. The summed E-state index contributed by atoms with van der Waals surface area (Å²) in [6.07, 6.45) is 0. The Kier molecular flexibility index (Phi) is 3.70. The lowest BCUT2D eigenvalue weighted by Crippen LogP contribution is -2.15. The van der Waals surface area contributed by atoms with Gasteiger partial charge in [0.25, 0.3) is 5.69 Å². The number of fused-ring (bicyclic) bond motifs is 1. The lowest BCUT2D eigenvalue weighted by atomic mass is 9.97. The number of phenols is 1. The molecular weight excluding hydrogens is 332 g/mol. The third-order valence-electron chi connectivity index (χ3n) is 3.67. The van der Waals surface area contributed by atoms with Gasteiger partial charge in [-0.25, -0.2) is 13.6 Å². The lowest BCUT2D eigenvalue weighted by Gasteiger charge is -2.12. The van der Waals surface area contributed by atoms with Crippen molar-refractivity contribution in [3.8, 4) is 16.9 Å². The molecule has 0 amide bonds. The van der Waals surface area contributed by atoms with E-state index in [0.29, 0.717) is 16.3 Å². The van der Waals surface area contributed by atoms with Crippen molar-refractivity contribution in [2.45, 2.75) is 4.90 Å². The van der Waals surface area contributed by atoms with Gasteiger partial charge in [-0.3, -0.25) is 10.1 Å². The second-order valence-corrected chi connectivity index (χ2v) is 6.63. The molecule has 0 saturated heterocycles. The molecular formula is C16H12N2O5S. The van der Waals surface area contributed by atoms with E-state index in [0.717, 1.165) is 6.07 Å². The maximum Gasteiger partial charge on any atom is 0.290 e. The van der Waals surface area contributed by atoms with Crippen LogP contribution in [0, 0.1) is 10.1 Å². The summed E-state index contributed by atoms with van der Waals surface area (Å²) in [6.45, 7) is 0. The molecule has 0 bridgehead atoms. The number of rotatable bonds is 3. The maximum absolute atomic E-state index is 12.0. The second kappa shape index (κ2) is 5.59. The van der Waals surface area contributed by atoms with Crippen molar-refractivity contribution in [2.24, 2.45) is 5.14 Å². The highest BCUT2D eigenvalue weighted by Gasteiger charge is 2.27. The topological polar surface area (TPSA) is 124 Å². The summed E-state index contributed by atoms with van der Waals surface area (Å²) < 4.78 is 24.0. The molecule has 3 aromatic rings. The van der Waals surface area contributed by atoms with E-state index in [9.17, 15) is 23.6 Å². The molecule has 3 N–H and O–H groups in total. The normalized spacial score (nSPS) is 11.5. The number of nitro groups is 1. The lowest BCUT2D eigenvalue weighted by molar-refractivity contribution is -0.387. The number of nitro benzene ring substituents is 1. The second-order valence-electron chi connectivity index (χ2n) is 5.13. The van der Waals surface area contributed by atoms with Gasteiger partial charge < -0.3 is 5.11 Å². The first-order chi connectivity index (χ1) is 11.3. The van der Waals surface area contributed by atoms with Gasteiger partial charge in [-0.15, -0.1) is 0 Å². The summed E-state index contributed by atoms with van der Waals surface area (Å²) in [6, 6.07) is 13.6. The van der Waals surface area contributed by atoms with Crippen LogP contribution in [0.2, 0.25) is 0 Å². The number of nitrogens with zero attached hydrogens (tertiary/aromatic N) is 1. The molecule has 0 spiro atoms. The highest BCUT2D eigenvalue weighted by molar-refractivity contribution is 7.89. The van der Waals surface area contributed by atoms with Crippen molar-refractivity contribution in [3.63, 3.8) is 0 Å². The van der Waals surface area contributed by atoms with Crippen LogP contribution in [0.4, 0.5) is 5.69 Å². The molecule has 0 fully saturated rings. The molecule has 0 heterocycles. The van der Waals surface area contributed by atoms with Crippen LogP contribution in [0.5, 0.6) is 5.75 Å². The monoisotopic (exact) mass is 344 g/mol. The molecule has 24 heavy (non-hydrogen) atoms. The molecule has 3 aromatic carbocycles. The third kappa shape index (κ3) is 2.57. The van der Waals surface area contributed by atoms with Gasteiger partial charge in [0, 0.05) is 17.0 Å². The molecule has 7 nitrogen and oxygen atoms in total. The number of sulfonamides is 1. The van der Waals surface area contributed by atoms with Crippen molar-refractivity contribution < 1.29 is 18.4 Å². The van der Waals surface area contributed by atoms with E-state index in [1.165, 1.54) is 24.3 Å². The minimum Gasteiger partial charge on any atom is -0.507 e. The molecule has 0 aliphatic carbocycles. The highest BCUT2D eigenvalue weighted by atomic mass is 32.2. The molecule has 3 rings (SSSR count). The fourth-order valence-electron chi connectivity index (χ4n) is 2.70. The van der Waals surface area contributed by atoms with Crippen molar-refractivity contribution in [2.75, 3.05) is 0 Å². The molecule has 0 atom stereocenters. The van der Waals surface area contributed by atoms with Gasteiger partial charge in [-0.1, -0.05) is 42.5 Å². The molecule has 0 saturated carbocycles. The predicted octanol–water partition coefficient (Wildman–Crippen LogP) is 2.77. The smallest absolute Gasteiger partial charge is 0.290 e. The Morgan fingerprint density at radius 1 is 0.917 bits per heavy atom. The number of nitrogens with two attached hydrogens (primary N) is 1. The summed E-state index contributed by atoms with van der Waals surface area (Å²) in [7, 11) is -4.34.